The Morgan fingerprint density at radius 1 is 1.19 bits per heavy atom. The zero-order chi connectivity index (χ0) is 15.1. The third kappa shape index (κ3) is 4.31. The molecule has 1 aromatic heterocycles. The molecule has 2 aromatic rings. The summed E-state index contributed by atoms with van der Waals surface area (Å²) in [7, 11) is 1.26. The van der Waals surface area contributed by atoms with Gasteiger partial charge in [0, 0.05) is 11.9 Å². The average Bonchev–Trinajstić information content (AvgIpc) is 2.53. The van der Waals surface area contributed by atoms with Crippen molar-refractivity contribution in [2.75, 3.05) is 12.4 Å². The third-order valence-corrected chi connectivity index (χ3v) is 2.61. The van der Waals surface area contributed by atoms with Crippen LogP contribution >= 0.6 is 0 Å². The minimum Gasteiger partial charge on any atom is -0.464 e. The molecule has 1 aromatic carbocycles. The van der Waals surface area contributed by atoms with Gasteiger partial charge in [0.15, 0.2) is 0 Å². The Balaban J connectivity index is 1.92. The molecular formula is C15H14N2O4. The van der Waals surface area contributed by atoms with Crippen molar-refractivity contribution in [3.8, 4) is 0 Å². The number of pyridine rings is 1. The minimum atomic E-state index is -0.610. The molecule has 0 aliphatic carbocycles. The van der Waals surface area contributed by atoms with Crippen molar-refractivity contribution in [2.45, 2.75) is 6.61 Å². The molecule has 0 fully saturated rings. The number of aromatic nitrogens is 1. The summed E-state index contributed by atoms with van der Waals surface area (Å²) in [5.74, 6) is -0.573. The predicted octanol–water partition coefficient (Wildman–Crippen LogP) is 2.62. The van der Waals surface area contributed by atoms with Gasteiger partial charge in [-0.2, -0.15) is 0 Å². The van der Waals surface area contributed by atoms with Gasteiger partial charge < -0.3 is 9.47 Å². The predicted molar refractivity (Wildman–Crippen MR) is 75.8 cm³/mol. The molecule has 108 valence electrons. The normalized spacial score (nSPS) is 9.76. The van der Waals surface area contributed by atoms with Gasteiger partial charge in [-0.1, -0.05) is 30.3 Å². The van der Waals surface area contributed by atoms with Gasteiger partial charge in [-0.25, -0.2) is 14.6 Å². The molecule has 1 N–H and O–H groups in total. The van der Waals surface area contributed by atoms with Crippen LogP contribution in [0.4, 0.5) is 10.5 Å². The Bertz CT molecular complexity index is 629. The standard InChI is InChI=1S/C15H14N2O4/c1-20-14(18)13-9-12(7-8-16-13)17-15(19)21-10-11-5-3-2-4-6-11/h2-9H,10H2,1H3,(H,16,17,19). The van der Waals surface area contributed by atoms with Gasteiger partial charge in [0.2, 0.25) is 0 Å². The number of nitrogens with one attached hydrogen (secondary N) is 1. The Hall–Kier alpha value is -2.89. The summed E-state index contributed by atoms with van der Waals surface area (Å²) in [6, 6.07) is 12.3. The quantitative estimate of drug-likeness (QED) is 0.874. The number of rotatable bonds is 4. The maximum atomic E-state index is 11.7. The number of hydrogen-bond acceptors (Lipinski definition) is 5. The first-order valence-corrected chi connectivity index (χ1v) is 6.21. The second kappa shape index (κ2) is 7.04. The average molecular weight is 286 g/mol. The maximum Gasteiger partial charge on any atom is 0.411 e. The molecule has 0 saturated heterocycles. The van der Waals surface area contributed by atoms with Gasteiger partial charge >= 0.3 is 12.1 Å². The second-order valence-corrected chi connectivity index (χ2v) is 4.11. The van der Waals surface area contributed by atoms with E-state index in [1.165, 1.54) is 19.4 Å². The lowest BCUT2D eigenvalue weighted by Crippen LogP contribution is -2.14. The number of amides is 1. The second-order valence-electron chi connectivity index (χ2n) is 4.11. The molecular weight excluding hydrogens is 272 g/mol. The lowest BCUT2D eigenvalue weighted by Gasteiger charge is -2.07. The summed E-state index contributed by atoms with van der Waals surface area (Å²) >= 11 is 0. The van der Waals surface area contributed by atoms with Crippen molar-refractivity contribution in [3.05, 3.63) is 59.9 Å². The van der Waals surface area contributed by atoms with E-state index in [1.54, 1.807) is 6.07 Å². The number of anilines is 1. The van der Waals surface area contributed by atoms with Gasteiger partial charge in [0.1, 0.15) is 12.3 Å². The number of ether oxygens (including phenoxy) is 2. The fourth-order valence-electron chi connectivity index (χ4n) is 1.60. The van der Waals surface area contributed by atoms with Gasteiger partial charge in [-0.3, -0.25) is 5.32 Å². The van der Waals surface area contributed by atoms with E-state index in [0.717, 1.165) is 5.56 Å². The highest BCUT2D eigenvalue weighted by atomic mass is 16.5. The van der Waals surface area contributed by atoms with Crippen LogP contribution in [0.2, 0.25) is 0 Å². The summed E-state index contributed by atoms with van der Waals surface area (Å²) in [5.41, 5.74) is 1.40. The Kier molecular flexibility index (Phi) is 4.87. The number of carbonyl (C=O) groups excluding carboxylic acids is 2. The Labute approximate surface area is 121 Å². The van der Waals surface area contributed by atoms with Gasteiger partial charge in [-0.15, -0.1) is 0 Å². The topological polar surface area (TPSA) is 77.5 Å². The van der Waals surface area contributed by atoms with Gasteiger partial charge in [0.05, 0.1) is 7.11 Å². The molecule has 1 amide bonds. The molecule has 0 bridgehead atoms. The van der Waals surface area contributed by atoms with Gasteiger partial charge in [0.25, 0.3) is 0 Å². The number of methoxy groups -OCH3 is 1. The van der Waals surface area contributed by atoms with Crippen LogP contribution in [0.1, 0.15) is 16.1 Å². The fraction of sp³-hybridized carbons (Fsp3) is 0.133. The molecule has 21 heavy (non-hydrogen) atoms. The van der Waals surface area contributed by atoms with E-state index in [1.807, 2.05) is 30.3 Å². The Morgan fingerprint density at radius 3 is 2.67 bits per heavy atom. The number of esters is 1. The van der Waals surface area contributed by atoms with Crippen molar-refractivity contribution in [3.63, 3.8) is 0 Å². The first-order chi connectivity index (χ1) is 10.2. The molecule has 0 spiro atoms. The summed E-state index contributed by atoms with van der Waals surface area (Å²) in [6.45, 7) is 0.168. The number of carbonyl (C=O) groups is 2. The zero-order valence-electron chi connectivity index (χ0n) is 11.4. The van der Waals surface area contributed by atoms with Crippen LogP contribution in [0.25, 0.3) is 0 Å². The molecule has 6 nitrogen and oxygen atoms in total. The van der Waals surface area contributed by atoms with Crippen LogP contribution in [0.3, 0.4) is 0 Å². The van der Waals surface area contributed by atoms with Crippen molar-refractivity contribution in [1.29, 1.82) is 0 Å². The van der Waals surface area contributed by atoms with Crippen molar-refractivity contribution in [1.82, 2.24) is 4.98 Å². The smallest absolute Gasteiger partial charge is 0.411 e. The van der Waals surface area contributed by atoms with E-state index in [9.17, 15) is 9.59 Å². The number of benzene rings is 1. The van der Waals surface area contributed by atoms with E-state index >= 15 is 0 Å². The van der Waals surface area contributed by atoms with Gasteiger partial charge in [-0.05, 0) is 17.7 Å². The van der Waals surface area contributed by atoms with E-state index in [2.05, 4.69) is 15.0 Å². The van der Waals surface area contributed by atoms with Crippen LogP contribution in [0, 0.1) is 0 Å². The largest absolute Gasteiger partial charge is 0.464 e. The first kappa shape index (κ1) is 14.5. The van der Waals surface area contributed by atoms with E-state index < -0.39 is 12.1 Å². The minimum absolute atomic E-state index is 0.110. The highest BCUT2D eigenvalue weighted by Gasteiger charge is 2.09. The van der Waals surface area contributed by atoms with Crippen LogP contribution in [-0.2, 0) is 16.1 Å². The lowest BCUT2D eigenvalue weighted by molar-refractivity contribution is 0.0594. The number of nitrogens with zero attached hydrogens (tertiary/aromatic N) is 1. The van der Waals surface area contributed by atoms with Crippen LogP contribution in [0.5, 0.6) is 0 Å². The highest BCUT2D eigenvalue weighted by Crippen LogP contribution is 2.10. The maximum absolute atomic E-state index is 11.7. The van der Waals surface area contributed by atoms with E-state index in [0.29, 0.717) is 5.69 Å². The third-order valence-electron chi connectivity index (χ3n) is 2.61. The fourth-order valence-corrected chi connectivity index (χ4v) is 1.60. The number of hydrogen-bond donors (Lipinski definition) is 1. The molecule has 0 radical (unpaired) electrons. The molecule has 2 rings (SSSR count). The molecule has 0 unspecified atom stereocenters. The van der Waals surface area contributed by atoms with Crippen LogP contribution in [-0.4, -0.2) is 24.2 Å². The summed E-state index contributed by atoms with van der Waals surface area (Å²) in [5, 5.41) is 2.52. The van der Waals surface area contributed by atoms with Crippen LogP contribution < -0.4 is 5.32 Å². The Morgan fingerprint density at radius 2 is 1.95 bits per heavy atom. The molecule has 0 saturated carbocycles. The molecule has 0 aliphatic heterocycles. The lowest BCUT2D eigenvalue weighted by atomic mass is 10.2. The molecule has 0 atom stereocenters. The van der Waals surface area contributed by atoms with Crippen LogP contribution in [0.15, 0.2) is 48.7 Å². The van der Waals surface area contributed by atoms with E-state index in [-0.39, 0.29) is 12.3 Å². The summed E-state index contributed by atoms with van der Waals surface area (Å²) < 4.78 is 9.63. The summed E-state index contributed by atoms with van der Waals surface area (Å²) in [6.07, 6.45) is 0.792. The summed E-state index contributed by atoms with van der Waals surface area (Å²) in [4.78, 5) is 26.8. The monoisotopic (exact) mass is 286 g/mol. The van der Waals surface area contributed by atoms with Crippen molar-refractivity contribution in [2.24, 2.45) is 0 Å². The molecule has 0 aliphatic rings. The van der Waals surface area contributed by atoms with E-state index in [4.69, 9.17) is 4.74 Å². The SMILES string of the molecule is COC(=O)c1cc(NC(=O)OCc2ccccc2)ccn1. The van der Waals surface area contributed by atoms with Crippen molar-refractivity contribution < 1.29 is 19.1 Å². The zero-order valence-corrected chi connectivity index (χ0v) is 11.4. The molecule has 6 heteroatoms. The molecule has 1 heterocycles. The first-order valence-electron chi connectivity index (χ1n) is 6.21. The van der Waals surface area contributed by atoms with Crippen molar-refractivity contribution >= 4 is 17.7 Å². The highest BCUT2D eigenvalue weighted by molar-refractivity contribution is 5.90.